The van der Waals surface area contributed by atoms with Crippen LogP contribution in [0.25, 0.3) is 0 Å². The second kappa shape index (κ2) is 6.45. The number of hydrogen-bond donors (Lipinski definition) is 2. The van der Waals surface area contributed by atoms with E-state index in [-0.39, 0.29) is 6.54 Å². The standard InChI is InChI=1S/C11H12FN3O3/c1-2-6-13-7-10(16)14-11-8(12)4-3-5-9(11)15(17)18/h2-5,13H,1,6-7H2,(H,14,16). The molecule has 1 rings (SSSR count). The number of nitrogens with zero attached hydrogens (tertiary/aromatic N) is 1. The summed E-state index contributed by atoms with van der Waals surface area (Å²) >= 11 is 0. The van der Waals surface area contributed by atoms with E-state index in [1.54, 1.807) is 6.08 Å². The minimum absolute atomic E-state index is 0.0858. The molecule has 0 unspecified atom stereocenters. The molecule has 2 N–H and O–H groups in total. The summed E-state index contributed by atoms with van der Waals surface area (Å²) in [6, 6.07) is 3.37. The van der Waals surface area contributed by atoms with E-state index in [2.05, 4.69) is 17.2 Å². The van der Waals surface area contributed by atoms with E-state index in [4.69, 9.17) is 0 Å². The highest BCUT2D eigenvalue weighted by Gasteiger charge is 2.19. The molecule has 18 heavy (non-hydrogen) atoms. The minimum atomic E-state index is -0.846. The van der Waals surface area contributed by atoms with E-state index in [0.717, 1.165) is 12.1 Å². The van der Waals surface area contributed by atoms with Gasteiger partial charge < -0.3 is 10.6 Å². The van der Waals surface area contributed by atoms with Crippen molar-refractivity contribution in [3.63, 3.8) is 0 Å². The number of para-hydroxylation sites is 1. The smallest absolute Gasteiger partial charge is 0.295 e. The maximum Gasteiger partial charge on any atom is 0.295 e. The lowest BCUT2D eigenvalue weighted by Crippen LogP contribution is -2.28. The first-order chi connectivity index (χ1) is 8.56. The molecular weight excluding hydrogens is 241 g/mol. The minimum Gasteiger partial charge on any atom is -0.317 e. The van der Waals surface area contributed by atoms with Crippen LogP contribution >= 0.6 is 0 Å². The molecular formula is C11H12FN3O3. The van der Waals surface area contributed by atoms with Crippen LogP contribution in [0, 0.1) is 15.9 Å². The number of nitro benzene ring substituents is 1. The average molecular weight is 253 g/mol. The van der Waals surface area contributed by atoms with E-state index in [0.29, 0.717) is 6.54 Å². The van der Waals surface area contributed by atoms with Crippen molar-refractivity contribution in [2.75, 3.05) is 18.4 Å². The van der Waals surface area contributed by atoms with Crippen molar-refractivity contribution in [3.8, 4) is 0 Å². The summed E-state index contributed by atoms with van der Waals surface area (Å²) in [6.45, 7) is 3.77. The third-order valence-electron chi connectivity index (χ3n) is 2.03. The predicted octanol–water partition coefficient (Wildman–Crippen LogP) is 1.45. The predicted molar refractivity (Wildman–Crippen MR) is 64.8 cm³/mol. The third-order valence-corrected chi connectivity index (χ3v) is 2.03. The Bertz CT molecular complexity index is 477. The lowest BCUT2D eigenvalue weighted by molar-refractivity contribution is -0.384. The highest BCUT2D eigenvalue weighted by Crippen LogP contribution is 2.26. The highest BCUT2D eigenvalue weighted by molar-refractivity contribution is 5.94. The first-order valence-corrected chi connectivity index (χ1v) is 5.10. The molecule has 0 heterocycles. The van der Waals surface area contributed by atoms with Crippen LogP contribution in [-0.4, -0.2) is 23.9 Å². The molecule has 1 aromatic rings. The van der Waals surface area contributed by atoms with Gasteiger partial charge >= 0.3 is 0 Å². The quantitative estimate of drug-likeness (QED) is 0.348. The summed E-state index contributed by atoms with van der Waals surface area (Å²) < 4.78 is 13.4. The van der Waals surface area contributed by atoms with E-state index in [1.807, 2.05) is 0 Å². The van der Waals surface area contributed by atoms with Crippen molar-refractivity contribution >= 4 is 17.3 Å². The molecule has 0 fully saturated rings. The van der Waals surface area contributed by atoms with Gasteiger partial charge in [-0.1, -0.05) is 12.1 Å². The van der Waals surface area contributed by atoms with Crippen molar-refractivity contribution in [1.82, 2.24) is 5.32 Å². The van der Waals surface area contributed by atoms with Crippen LogP contribution < -0.4 is 10.6 Å². The summed E-state index contributed by atoms with van der Waals surface area (Å²) in [6.07, 6.45) is 1.55. The van der Waals surface area contributed by atoms with E-state index < -0.39 is 28.0 Å². The Balaban J connectivity index is 2.80. The van der Waals surface area contributed by atoms with Gasteiger partial charge in [0.2, 0.25) is 5.91 Å². The zero-order chi connectivity index (χ0) is 13.5. The van der Waals surface area contributed by atoms with Gasteiger partial charge in [-0.25, -0.2) is 4.39 Å². The second-order valence-corrected chi connectivity index (χ2v) is 3.36. The van der Waals surface area contributed by atoms with Gasteiger partial charge in [0, 0.05) is 12.6 Å². The lowest BCUT2D eigenvalue weighted by atomic mass is 10.2. The zero-order valence-electron chi connectivity index (χ0n) is 9.48. The van der Waals surface area contributed by atoms with E-state index in [9.17, 15) is 19.3 Å². The van der Waals surface area contributed by atoms with Crippen LogP contribution in [0.3, 0.4) is 0 Å². The van der Waals surface area contributed by atoms with Crippen LogP contribution in [0.5, 0.6) is 0 Å². The number of nitro groups is 1. The van der Waals surface area contributed by atoms with Gasteiger partial charge in [-0.05, 0) is 6.07 Å². The summed E-state index contributed by atoms with van der Waals surface area (Å²) in [5.41, 5.74) is -0.903. The Morgan fingerprint density at radius 3 is 2.89 bits per heavy atom. The van der Waals surface area contributed by atoms with Crippen molar-refractivity contribution in [2.24, 2.45) is 0 Å². The fourth-order valence-electron chi connectivity index (χ4n) is 1.26. The molecule has 7 heteroatoms. The molecule has 0 aliphatic carbocycles. The molecule has 0 aromatic heterocycles. The molecule has 96 valence electrons. The van der Waals surface area contributed by atoms with Gasteiger partial charge in [-0.3, -0.25) is 14.9 Å². The Morgan fingerprint density at radius 2 is 2.28 bits per heavy atom. The number of nitrogens with one attached hydrogen (secondary N) is 2. The number of amides is 1. The molecule has 0 radical (unpaired) electrons. The number of hydrogen-bond acceptors (Lipinski definition) is 4. The van der Waals surface area contributed by atoms with Gasteiger partial charge in [-0.15, -0.1) is 6.58 Å². The van der Waals surface area contributed by atoms with Gasteiger partial charge in [0.05, 0.1) is 11.5 Å². The van der Waals surface area contributed by atoms with Crippen LogP contribution in [-0.2, 0) is 4.79 Å². The monoisotopic (exact) mass is 253 g/mol. The van der Waals surface area contributed by atoms with Crippen LogP contribution in [0.15, 0.2) is 30.9 Å². The first-order valence-electron chi connectivity index (χ1n) is 5.10. The fourth-order valence-corrected chi connectivity index (χ4v) is 1.26. The molecule has 0 aliphatic rings. The number of benzene rings is 1. The number of rotatable bonds is 6. The summed E-state index contributed by atoms with van der Waals surface area (Å²) in [5.74, 6) is -1.41. The number of halogens is 1. The highest BCUT2D eigenvalue weighted by atomic mass is 19.1. The molecule has 6 nitrogen and oxygen atoms in total. The first kappa shape index (κ1) is 13.8. The molecule has 0 saturated heterocycles. The Morgan fingerprint density at radius 1 is 1.56 bits per heavy atom. The number of carbonyl (C=O) groups is 1. The van der Waals surface area contributed by atoms with Crippen molar-refractivity contribution < 1.29 is 14.1 Å². The largest absolute Gasteiger partial charge is 0.317 e. The maximum atomic E-state index is 13.4. The van der Waals surface area contributed by atoms with Crippen LogP contribution in [0.2, 0.25) is 0 Å². The van der Waals surface area contributed by atoms with Crippen LogP contribution in [0.4, 0.5) is 15.8 Å². The molecule has 1 aromatic carbocycles. The zero-order valence-corrected chi connectivity index (χ0v) is 9.48. The number of anilines is 1. The topological polar surface area (TPSA) is 84.3 Å². The van der Waals surface area contributed by atoms with Gasteiger partial charge in [-0.2, -0.15) is 0 Å². The van der Waals surface area contributed by atoms with Crippen LogP contribution in [0.1, 0.15) is 0 Å². The third kappa shape index (κ3) is 3.63. The second-order valence-electron chi connectivity index (χ2n) is 3.36. The molecule has 0 aliphatic heterocycles. The fraction of sp³-hybridized carbons (Fsp3) is 0.182. The van der Waals surface area contributed by atoms with Gasteiger partial charge in [0.1, 0.15) is 0 Å². The molecule has 0 bridgehead atoms. The van der Waals surface area contributed by atoms with Gasteiger partial charge in [0.25, 0.3) is 5.69 Å². The molecule has 0 spiro atoms. The van der Waals surface area contributed by atoms with E-state index in [1.165, 1.54) is 6.07 Å². The Hall–Kier alpha value is -2.28. The lowest BCUT2D eigenvalue weighted by Gasteiger charge is -2.07. The number of carbonyl (C=O) groups excluding carboxylic acids is 1. The maximum absolute atomic E-state index is 13.4. The average Bonchev–Trinajstić information content (AvgIpc) is 2.31. The van der Waals surface area contributed by atoms with Crippen molar-refractivity contribution in [2.45, 2.75) is 0 Å². The summed E-state index contributed by atoms with van der Waals surface area (Å²) in [7, 11) is 0. The molecule has 0 saturated carbocycles. The summed E-state index contributed by atoms with van der Waals surface area (Å²) in [4.78, 5) is 21.3. The van der Waals surface area contributed by atoms with E-state index >= 15 is 0 Å². The Kier molecular flexibility index (Phi) is 4.94. The SMILES string of the molecule is C=CCNCC(=O)Nc1c(F)cccc1[N+](=O)[O-]. The van der Waals surface area contributed by atoms with Crippen molar-refractivity contribution in [1.29, 1.82) is 0 Å². The Labute approximate surface area is 103 Å². The van der Waals surface area contributed by atoms with Gasteiger partial charge in [0.15, 0.2) is 11.5 Å². The van der Waals surface area contributed by atoms with Crippen molar-refractivity contribution in [3.05, 3.63) is 46.8 Å². The molecule has 0 atom stereocenters. The normalized spacial score (nSPS) is 9.83. The molecule has 1 amide bonds. The summed E-state index contributed by atoms with van der Waals surface area (Å²) in [5, 5.41) is 15.5.